The van der Waals surface area contributed by atoms with Crippen molar-refractivity contribution in [2.24, 2.45) is 16.3 Å². The topological polar surface area (TPSA) is 41.1 Å². The van der Waals surface area contributed by atoms with Crippen LogP contribution in [0.25, 0.3) is 10.9 Å². The van der Waals surface area contributed by atoms with E-state index in [1.165, 1.54) is 10.4 Å². The molecular formula is C29H28ClN3S. The molecule has 34 heavy (non-hydrogen) atoms. The lowest BCUT2D eigenvalue weighted by Gasteiger charge is -2.33. The molecule has 4 aromatic rings. The van der Waals surface area contributed by atoms with Crippen LogP contribution in [0.3, 0.4) is 0 Å². The van der Waals surface area contributed by atoms with Crippen molar-refractivity contribution in [3.05, 3.63) is 86.9 Å². The van der Waals surface area contributed by atoms with Crippen molar-refractivity contribution in [1.82, 2.24) is 4.57 Å². The number of nitriles is 1. The summed E-state index contributed by atoms with van der Waals surface area (Å²) >= 11 is 8.12. The summed E-state index contributed by atoms with van der Waals surface area (Å²) in [6.07, 6.45) is 7.21. The van der Waals surface area contributed by atoms with Crippen LogP contribution in [-0.4, -0.2) is 10.8 Å². The lowest BCUT2D eigenvalue weighted by Crippen LogP contribution is -2.26. The minimum Gasteiger partial charge on any atom is -0.342 e. The average molecular weight is 486 g/mol. The second-order valence-corrected chi connectivity index (χ2v) is 11.7. The molecule has 0 spiro atoms. The number of aromatic nitrogens is 1. The average Bonchev–Trinajstić information content (AvgIpc) is 3.35. The summed E-state index contributed by atoms with van der Waals surface area (Å²) in [7, 11) is 0. The second kappa shape index (κ2) is 9.06. The van der Waals surface area contributed by atoms with Crippen molar-refractivity contribution < 1.29 is 0 Å². The Kier molecular flexibility index (Phi) is 6.10. The molecule has 2 heterocycles. The van der Waals surface area contributed by atoms with E-state index in [-0.39, 0.29) is 5.41 Å². The maximum atomic E-state index is 9.92. The van der Waals surface area contributed by atoms with Gasteiger partial charge >= 0.3 is 0 Å². The van der Waals surface area contributed by atoms with Gasteiger partial charge < -0.3 is 4.57 Å². The summed E-state index contributed by atoms with van der Waals surface area (Å²) in [5.74, 6) is 0.643. The molecule has 0 saturated carbocycles. The predicted octanol–water partition coefficient (Wildman–Crippen LogP) is 8.18. The second-order valence-electron chi connectivity index (χ2n) is 10.2. The third kappa shape index (κ3) is 4.31. The number of rotatable bonds is 4. The molecule has 0 bridgehead atoms. The van der Waals surface area contributed by atoms with Crippen LogP contribution >= 0.6 is 22.9 Å². The van der Waals surface area contributed by atoms with Crippen molar-refractivity contribution in [1.29, 1.82) is 5.26 Å². The number of para-hydroxylation sites is 1. The van der Waals surface area contributed by atoms with Crippen molar-refractivity contribution in [2.75, 3.05) is 0 Å². The number of hydrogen-bond acceptors (Lipinski definition) is 3. The lowest BCUT2D eigenvalue weighted by atomic mass is 9.72. The summed E-state index contributed by atoms with van der Waals surface area (Å²) < 4.78 is 2.22. The zero-order valence-electron chi connectivity index (χ0n) is 19.8. The van der Waals surface area contributed by atoms with Crippen molar-refractivity contribution in [3.8, 4) is 6.07 Å². The van der Waals surface area contributed by atoms with Gasteiger partial charge in [0.15, 0.2) is 0 Å². The molecule has 0 radical (unpaired) electrons. The van der Waals surface area contributed by atoms with Gasteiger partial charge in [-0.05, 0) is 53.9 Å². The minimum atomic E-state index is 0.279. The summed E-state index contributed by atoms with van der Waals surface area (Å²) in [5, 5.41) is 12.7. The molecule has 3 nitrogen and oxygen atoms in total. The van der Waals surface area contributed by atoms with E-state index in [1.807, 2.05) is 24.4 Å². The molecule has 0 saturated heterocycles. The SMILES string of the molecule is CC(C)(C)[C@@H]1CCc2c(sc(N=Cc3cn(Cc4ccccc4Cl)c4ccccc34)c2C#N)C1. The number of thiophene rings is 1. The van der Waals surface area contributed by atoms with Gasteiger partial charge in [-0.25, -0.2) is 4.99 Å². The number of halogens is 1. The van der Waals surface area contributed by atoms with Crippen LogP contribution in [0.1, 0.15) is 54.3 Å². The molecule has 0 amide bonds. The van der Waals surface area contributed by atoms with Gasteiger partial charge in [-0.3, -0.25) is 0 Å². The molecular weight excluding hydrogens is 458 g/mol. The first-order valence-electron chi connectivity index (χ1n) is 11.7. The zero-order chi connectivity index (χ0) is 23.9. The molecule has 0 fully saturated rings. The Morgan fingerprint density at radius 3 is 2.71 bits per heavy atom. The monoisotopic (exact) mass is 485 g/mol. The summed E-state index contributed by atoms with van der Waals surface area (Å²) in [6.45, 7) is 7.65. The first-order chi connectivity index (χ1) is 16.3. The van der Waals surface area contributed by atoms with E-state index in [9.17, 15) is 5.26 Å². The summed E-state index contributed by atoms with van der Waals surface area (Å²) in [5.41, 5.74) is 5.54. The quantitative estimate of drug-likeness (QED) is 0.268. The van der Waals surface area contributed by atoms with E-state index >= 15 is 0 Å². The van der Waals surface area contributed by atoms with Crippen molar-refractivity contribution in [2.45, 2.75) is 46.6 Å². The summed E-state index contributed by atoms with van der Waals surface area (Å²) in [4.78, 5) is 6.20. The molecule has 1 atom stereocenters. The Morgan fingerprint density at radius 2 is 1.94 bits per heavy atom. The fourth-order valence-electron chi connectivity index (χ4n) is 4.96. The standard InChI is InChI=1S/C29H28ClN3S/c1-29(2,3)21-12-13-23-24(15-31)28(34-27(23)14-21)32-16-20-18-33(26-11-7-5-9-22(20)26)17-19-8-4-6-10-25(19)30/h4-11,16,18,21H,12-14,17H2,1-3H3/t21-/m1/s1. The van der Waals surface area contributed by atoms with Gasteiger partial charge in [0.25, 0.3) is 0 Å². The highest BCUT2D eigenvalue weighted by Crippen LogP contribution is 2.45. The fraction of sp³-hybridized carbons (Fsp3) is 0.310. The molecule has 1 aliphatic carbocycles. The number of fused-ring (bicyclic) bond motifs is 2. The molecule has 2 aromatic heterocycles. The first-order valence-corrected chi connectivity index (χ1v) is 12.9. The van der Waals surface area contributed by atoms with Gasteiger partial charge in [0, 0.05) is 45.3 Å². The Labute approximate surface area is 210 Å². The van der Waals surface area contributed by atoms with Gasteiger partial charge in [0.05, 0.1) is 5.56 Å². The van der Waals surface area contributed by atoms with Crippen molar-refractivity contribution >= 4 is 45.1 Å². The van der Waals surface area contributed by atoms with Crippen molar-refractivity contribution in [3.63, 3.8) is 0 Å². The van der Waals surface area contributed by atoms with Crippen LogP contribution in [0.4, 0.5) is 5.00 Å². The van der Waals surface area contributed by atoms with Gasteiger partial charge in [-0.1, -0.05) is 68.8 Å². The van der Waals surface area contributed by atoms with Crippen LogP contribution < -0.4 is 0 Å². The molecule has 0 unspecified atom stereocenters. The molecule has 172 valence electrons. The zero-order valence-corrected chi connectivity index (χ0v) is 21.4. The van der Waals surface area contributed by atoms with Gasteiger partial charge in [-0.15, -0.1) is 11.3 Å². The molecule has 0 N–H and O–H groups in total. The number of nitrogens with zero attached hydrogens (tertiary/aromatic N) is 3. The molecule has 5 heteroatoms. The van der Waals surface area contributed by atoms with Crippen LogP contribution in [-0.2, 0) is 19.4 Å². The van der Waals surface area contributed by atoms with E-state index in [2.05, 4.69) is 67.9 Å². The van der Waals surface area contributed by atoms with E-state index in [0.29, 0.717) is 12.5 Å². The van der Waals surface area contributed by atoms with Crippen LogP contribution in [0.5, 0.6) is 0 Å². The molecule has 0 aliphatic heterocycles. The largest absolute Gasteiger partial charge is 0.342 e. The Hall–Kier alpha value is -2.87. The van der Waals surface area contributed by atoms with E-state index in [1.54, 1.807) is 11.3 Å². The highest BCUT2D eigenvalue weighted by Gasteiger charge is 2.32. The number of hydrogen-bond donors (Lipinski definition) is 0. The highest BCUT2D eigenvalue weighted by atomic mass is 35.5. The smallest absolute Gasteiger partial charge is 0.134 e. The predicted molar refractivity (Wildman–Crippen MR) is 144 cm³/mol. The highest BCUT2D eigenvalue weighted by molar-refractivity contribution is 7.16. The number of aliphatic imine (C=N–C) groups is 1. The van der Waals surface area contributed by atoms with Crippen LogP contribution in [0.2, 0.25) is 5.02 Å². The normalized spacial score (nSPS) is 16.1. The molecule has 5 rings (SSSR count). The van der Waals surface area contributed by atoms with Gasteiger partial charge in [0.2, 0.25) is 0 Å². The maximum absolute atomic E-state index is 9.92. The van der Waals surface area contributed by atoms with Crippen LogP contribution in [0, 0.1) is 22.7 Å². The van der Waals surface area contributed by atoms with Gasteiger partial charge in [-0.2, -0.15) is 5.26 Å². The minimum absolute atomic E-state index is 0.279. The number of benzene rings is 2. The lowest BCUT2D eigenvalue weighted by molar-refractivity contribution is 0.218. The third-order valence-corrected chi connectivity index (χ3v) is 8.55. The fourth-order valence-corrected chi connectivity index (χ4v) is 6.38. The Morgan fingerprint density at radius 1 is 1.18 bits per heavy atom. The summed E-state index contributed by atoms with van der Waals surface area (Å²) in [6, 6.07) is 18.8. The van der Waals surface area contributed by atoms with E-state index < -0.39 is 0 Å². The molecule has 1 aliphatic rings. The maximum Gasteiger partial charge on any atom is 0.134 e. The Bertz CT molecular complexity index is 1430. The van der Waals surface area contributed by atoms with E-state index in [0.717, 1.165) is 56.9 Å². The molecule has 2 aromatic carbocycles. The van der Waals surface area contributed by atoms with Crippen LogP contribution in [0.15, 0.2) is 59.7 Å². The van der Waals surface area contributed by atoms with Gasteiger partial charge in [0.1, 0.15) is 11.1 Å². The van der Waals surface area contributed by atoms with E-state index in [4.69, 9.17) is 16.6 Å². The third-order valence-electron chi connectivity index (χ3n) is 7.02. The first kappa shape index (κ1) is 22.9. The Balaban J connectivity index is 1.49.